The van der Waals surface area contributed by atoms with Gasteiger partial charge in [-0.1, -0.05) is 25.1 Å². The van der Waals surface area contributed by atoms with Gasteiger partial charge in [0.05, 0.1) is 11.9 Å². The second kappa shape index (κ2) is 4.98. The van der Waals surface area contributed by atoms with Crippen LogP contribution in [0.3, 0.4) is 0 Å². The molecule has 112 valence electrons. The van der Waals surface area contributed by atoms with Crippen LogP contribution in [0, 0.1) is 0 Å². The highest BCUT2D eigenvalue weighted by molar-refractivity contribution is 5.76. The van der Waals surface area contributed by atoms with E-state index < -0.39 is 0 Å². The van der Waals surface area contributed by atoms with Gasteiger partial charge in [-0.15, -0.1) is 0 Å². The summed E-state index contributed by atoms with van der Waals surface area (Å²) in [4.78, 5) is 22.0. The first-order valence-electron chi connectivity index (χ1n) is 7.58. The van der Waals surface area contributed by atoms with E-state index in [-0.39, 0.29) is 5.56 Å². The molecule has 1 aromatic carbocycles. The number of H-pyrrole nitrogens is 1. The van der Waals surface area contributed by atoms with E-state index in [9.17, 15) is 4.79 Å². The van der Waals surface area contributed by atoms with E-state index in [1.54, 1.807) is 10.9 Å². The Morgan fingerprint density at radius 2 is 2.14 bits per heavy atom. The Bertz CT molecular complexity index is 865. The number of aromatic amines is 1. The molecule has 3 aromatic rings. The highest BCUT2D eigenvalue weighted by Crippen LogP contribution is 2.25. The number of fused-ring (bicyclic) bond motifs is 1. The maximum Gasteiger partial charge on any atom is 0.263 e. The van der Waals surface area contributed by atoms with Crippen molar-refractivity contribution in [3.05, 3.63) is 46.9 Å². The van der Waals surface area contributed by atoms with Crippen molar-refractivity contribution < 1.29 is 0 Å². The summed E-state index contributed by atoms with van der Waals surface area (Å²) in [5.74, 6) is 0.647. The minimum absolute atomic E-state index is 0.135. The molecule has 0 amide bonds. The van der Waals surface area contributed by atoms with Crippen LogP contribution in [0.25, 0.3) is 16.7 Å². The number of hydrogen-bond acceptors (Lipinski definition) is 4. The Morgan fingerprint density at radius 1 is 1.32 bits per heavy atom. The summed E-state index contributed by atoms with van der Waals surface area (Å²) >= 11 is 0. The molecule has 1 aliphatic heterocycles. The van der Waals surface area contributed by atoms with Gasteiger partial charge in [0.2, 0.25) is 5.95 Å². The highest BCUT2D eigenvalue weighted by atomic mass is 16.1. The van der Waals surface area contributed by atoms with E-state index in [0.29, 0.717) is 23.0 Å². The summed E-state index contributed by atoms with van der Waals surface area (Å²) in [6, 6.07) is 10.2. The SMILES string of the molecule is CCC1CCN1c1nc2c(cnn2-c2ccccc2)c(=O)[nH]1. The lowest BCUT2D eigenvalue weighted by atomic mass is 10.0. The van der Waals surface area contributed by atoms with Gasteiger partial charge < -0.3 is 4.90 Å². The van der Waals surface area contributed by atoms with E-state index in [1.807, 2.05) is 30.3 Å². The first kappa shape index (κ1) is 13.1. The van der Waals surface area contributed by atoms with Crippen LogP contribution in [0.1, 0.15) is 19.8 Å². The molecular formula is C16H17N5O. The number of nitrogens with one attached hydrogen (secondary N) is 1. The van der Waals surface area contributed by atoms with Crippen molar-refractivity contribution in [2.45, 2.75) is 25.8 Å². The van der Waals surface area contributed by atoms with Crippen LogP contribution in [-0.2, 0) is 0 Å². The largest absolute Gasteiger partial charge is 0.339 e. The summed E-state index contributed by atoms with van der Waals surface area (Å²) in [7, 11) is 0. The molecule has 1 aliphatic rings. The molecule has 0 spiro atoms. The summed E-state index contributed by atoms with van der Waals surface area (Å²) in [5, 5.41) is 4.84. The average Bonchev–Trinajstić information content (AvgIpc) is 2.92. The summed E-state index contributed by atoms with van der Waals surface area (Å²) in [6.45, 7) is 3.09. The smallest absolute Gasteiger partial charge is 0.263 e. The lowest BCUT2D eigenvalue weighted by Gasteiger charge is -2.40. The molecule has 3 heterocycles. The predicted molar refractivity (Wildman–Crippen MR) is 85.5 cm³/mol. The molecular weight excluding hydrogens is 278 g/mol. The minimum Gasteiger partial charge on any atom is -0.339 e. The first-order chi connectivity index (χ1) is 10.8. The van der Waals surface area contributed by atoms with Crippen LogP contribution in [0.4, 0.5) is 5.95 Å². The quantitative estimate of drug-likeness (QED) is 0.803. The Hall–Kier alpha value is -2.63. The van der Waals surface area contributed by atoms with Gasteiger partial charge in [0.15, 0.2) is 5.65 Å². The van der Waals surface area contributed by atoms with Crippen molar-refractivity contribution in [2.75, 3.05) is 11.4 Å². The molecule has 6 heteroatoms. The minimum atomic E-state index is -0.135. The zero-order valence-corrected chi connectivity index (χ0v) is 12.4. The number of benzene rings is 1. The van der Waals surface area contributed by atoms with Crippen molar-refractivity contribution in [3.63, 3.8) is 0 Å². The Balaban J connectivity index is 1.87. The second-order valence-corrected chi connectivity index (χ2v) is 5.56. The van der Waals surface area contributed by atoms with Gasteiger partial charge in [0, 0.05) is 12.6 Å². The van der Waals surface area contributed by atoms with Gasteiger partial charge in [-0.3, -0.25) is 9.78 Å². The predicted octanol–water partition coefficient (Wildman–Crippen LogP) is 2.10. The normalized spacial score (nSPS) is 17.7. The fourth-order valence-electron chi connectivity index (χ4n) is 2.95. The number of nitrogens with zero attached hydrogens (tertiary/aromatic N) is 4. The number of para-hydroxylation sites is 1. The third-order valence-corrected chi connectivity index (χ3v) is 4.31. The molecule has 1 N–H and O–H groups in total. The summed E-state index contributed by atoms with van der Waals surface area (Å²) in [6.07, 6.45) is 3.78. The van der Waals surface area contributed by atoms with Gasteiger partial charge in [-0.05, 0) is 25.0 Å². The standard InChI is InChI=1S/C16H17N5O/c1-2-11-8-9-20(11)16-18-14-13(15(22)19-16)10-17-21(14)12-6-4-3-5-7-12/h3-7,10-11H,2,8-9H2,1H3,(H,18,19,22). The highest BCUT2D eigenvalue weighted by Gasteiger charge is 2.28. The molecule has 1 atom stereocenters. The van der Waals surface area contributed by atoms with Crippen LogP contribution < -0.4 is 10.5 Å². The first-order valence-corrected chi connectivity index (χ1v) is 7.58. The van der Waals surface area contributed by atoms with Crippen molar-refractivity contribution in [1.29, 1.82) is 0 Å². The number of aromatic nitrogens is 4. The zero-order valence-electron chi connectivity index (χ0n) is 12.4. The fourth-order valence-corrected chi connectivity index (χ4v) is 2.95. The Kier molecular flexibility index (Phi) is 2.96. The molecule has 0 bridgehead atoms. The molecule has 0 saturated carbocycles. The molecule has 0 radical (unpaired) electrons. The van der Waals surface area contributed by atoms with E-state index in [4.69, 9.17) is 0 Å². The van der Waals surface area contributed by atoms with Gasteiger partial charge in [0.1, 0.15) is 5.39 Å². The molecule has 6 nitrogen and oxygen atoms in total. The topological polar surface area (TPSA) is 66.8 Å². The van der Waals surface area contributed by atoms with Crippen LogP contribution >= 0.6 is 0 Å². The van der Waals surface area contributed by atoms with Gasteiger partial charge >= 0.3 is 0 Å². The number of anilines is 1. The van der Waals surface area contributed by atoms with Crippen molar-refractivity contribution in [2.24, 2.45) is 0 Å². The zero-order chi connectivity index (χ0) is 15.1. The van der Waals surface area contributed by atoms with Gasteiger partial charge in [-0.2, -0.15) is 10.1 Å². The second-order valence-electron chi connectivity index (χ2n) is 5.56. The average molecular weight is 295 g/mol. The fraction of sp³-hybridized carbons (Fsp3) is 0.312. The van der Waals surface area contributed by atoms with Crippen LogP contribution in [0.5, 0.6) is 0 Å². The maximum atomic E-state index is 12.3. The monoisotopic (exact) mass is 295 g/mol. The van der Waals surface area contributed by atoms with Crippen LogP contribution in [0.2, 0.25) is 0 Å². The number of hydrogen-bond donors (Lipinski definition) is 1. The third kappa shape index (κ3) is 1.91. The lowest BCUT2D eigenvalue weighted by Crippen LogP contribution is -2.48. The molecule has 22 heavy (non-hydrogen) atoms. The Labute approximate surface area is 127 Å². The third-order valence-electron chi connectivity index (χ3n) is 4.31. The van der Waals surface area contributed by atoms with Gasteiger partial charge in [-0.25, -0.2) is 4.68 Å². The van der Waals surface area contributed by atoms with Gasteiger partial charge in [0.25, 0.3) is 5.56 Å². The molecule has 4 rings (SSSR count). The maximum absolute atomic E-state index is 12.3. The lowest BCUT2D eigenvalue weighted by molar-refractivity contribution is 0.428. The van der Waals surface area contributed by atoms with Crippen molar-refractivity contribution >= 4 is 17.0 Å². The van der Waals surface area contributed by atoms with Crippen LogP contribution in [0.15, 0.2) is 41.3 Å². The molecule has 2 aromatic heterocycles. The molecule has 1 saturated heterocycles. The Morgan fingerprint density at radius 3 is 2.82 bits per heavy atom. The molecule has 1 fully saturated rings. The molecule has 1 unspecified atom stereocenters. The van der Waals surface area contributed by atoms with Crippen molar-refractivity contribution in [1.82, 2.24) is 19.7 Å². The summed E-state index contributed by atoms with van der Waals surface area (Å²) in [5.41, 5.74) is 1.37. The summed E-state index contributed by atoms with van der Waals surface area (Å²) < 4.78 is 1.72. The van der Waals surface area contributed by atoms with Crippen molar-refractivity contribution in [3.8, 4) is 5.69 Å². The van der Waals surface area contributed by atoms with E-state index in [0.717, 1.165) is 25.1 Å². The number of rotatable bonds is 3. The van der Waals surface area contributed by atoms with Crippen LogP contribution in [-0.4, -0.2) is 32.3 Å². The van der Waals surface area contributed by atoms with E-state index in [2.05, 4.69) is 26.9 Å². The van der Waals surface area contributed by atoms with E-state index >= 15 is 0 Å². The van der Waals surface area contributed by atoms with E-state index in [1.165, 1.54) is 0 Å². The molecule has 0 aliphatic carbocycles.